The normalized spacial score (nSPS) is 16.9. The van der Waals surface area contributed by atoms with Gasteiger partial charge in [0.1, 0.15) is 0 Å². The molecule has 0 saturated heterocycles. The minimum absolute atomic E-state index is 0.00149. The van der Waals surface area contributed by atoms with Gasteiger partial charge in [0.25, 0.3) is 0 Å². The lowest BCUT2D eigenvalue weighted by Gasteiger charge is -2.39. The van der Waals surface area contributed by atoms with Gasteiger partial charge >= 0.3 is 11.9 Å². The van der Waals surface area contributed by atoms with Gasteiger partial charge in [-0.15, -0.1) is 5.10 Å². The number of nitrogens with one attached hydrogen (secondary N) is 3. The van der Waals surface area contributed by atoms with Crippen molar-refractivity contribution < 1.29 is 18.0 Å². The standard InChI is InChI=1S/C17H19F3N4O2S/c18-17(19,20)12-6-4-5-11(9-12)16(7-2-1-3-8-16)22-13(25)10-27-15-21-14(26)23-24-15/h4-6,9H,1-3,7-8,10H2,(H,22,25)(H2,21,23,24,26). The van der Waals surface area contributed by atoms with E-state index in [1.807, 2.05) is 0 Å². The van der Waals surface area contributed by atoms with Crippen LogP contribution in [0.1, 0.15) is 43.2 Å². The molecule has 0 radical (unpaired) electrons. The Labute approximate surface area is 157 Å². The van der Waals surface area contributed by atoms with E-state index in [0.717, 1.165) is 43.2 Å². The summed E-state index contributed by atoms with van der Waals surface area (Å²) in [4.78, 5) is 25.9. The summed E-state index contributed by atoms with van der Waals surface area (Å²) in [5.41, 5.74) is -1.52. The summed E-state index contributed by atoms with van der Waals surface area (Å²) >= 11 is 1.05. The summed E-state index contributed by atoms with van der Waals surface area (Å²) in [5, 5.41) is 9.15. The van der Waals surface area contributed by atoms with Gasteiger partial charge < -0.3 is 5.32 Å². The number of alkyl halides is 3. The van der Waals surface area contributed by atoms with Crippen LogP contribution in [-0.4, -0.2) is 26.8 Å². The number of carbonyl (C=O) groups is 1. The Morgan fingerprint density at radius 1 is 1.26 bits per heavy atom. The summed E-state index contributed by atoms with van der Waals surface area (Å²) in [7, 11) is 0. The van der Waals surface area contributed by atoms with Crippen molar-refractivity contribution in [3.8, 4) is 0 Å². The quantitative estimate of drug-likeness (QED) is 0.673. The number of nitrogens with zero attached hydrogens (tertiary/aromatic N) is 1. The molecule has 3 rings (SSSR count). The van der Waals surface area contributed by atoms with E-state index in [0.29, 0.717) is 18.4 Å². The minimum atomic E-state index is -4.43. The summed E-state index contributed by atoms with van der Waals surface area (Å²) in [6.45, 7) is 0. The molecule has 2 aromatic rings. The molecule has 3 N–H and O–H groups in total. The average Bonchev–Trinajstić information content (AvgIpc) is 3.06. The van der Waals surface area contributed by atoms with E-state index in [2.05, 4.69) is 20.5 Å². The van der Waals surface area contributed by atoms with Crippen molar-refractivity contribution in [3.05, 3.63) is 45.9 Å². The highest BCUT2D eigenvalue weighted by Crippen LogP contribution is 2.39. The van der Waals surface area contributed by atoms with Crippen LogP contribution in [-0.2, 0) is 16.5 Å². The van der Waals surface area contributed by atoms with E-state index in [4.69, 9.17) is 0 Å². The first-order valence-corrected chi connectivity index (χ1v) is 9.53. The lowest BCUT2D eigenvalue weighted by molar-refractivity contribution is -0.137. The molecule has 1 fully saturated rings. The fourth-order valence-corrected chi connectivity index (χ4v) is 4.01. The van der Waals surface area contributed by atoms with Crippen molar-refractivity contribution in [1.29, 1.82) is 0 Å². The van der Waals surface area contributed by atoms with Crippen molar-refractivity contribution in [3.63, 3.8) is 0 Å². The Bertz CT molecular complexity index is 856. The molecule has 0 atom stereocenters. The monoisotopic (exact) mass is 400 g/mol. The zero-order valence-corrected chi connectivity index (χ0v) is 15.2. The Morgan fingerprint density at radius 3 is 2.63 bits per heavy atom. The van der Waals surface area contributed by atoms with Crippen LogP contribution < -0.4 is 11.0 Å². The van der Waals surface area contributed by atoms with Crippen molar-refractivity contribution in [2.24, 2.45) is 0 Å². The van der Waals surface area contributed by atoms with Gasteiger partial charge in [-0.2, -0.15) is 13.2 Å². The smallest absolute Gasteiger partial charge is 0.346 e. The molecule has 10 heteroatoms. The second-order valence-electron chi connectivity index (χ2n) is 6.54. The molecule has 0 unspecified atom stereocenters. The van der Waals surface area contributed by atoms with Gasteiger partial charge in [-0.3, -0.25) is 9.78 Å². The second kappa shape index (κ2) is 7.79. The van der Waals surface area contributed by atoms with Crippen LogP contribution in [0, 0.1) is 0 Å². The maximum Gasteiger partial charge on any atom is 0.416 e. The molecule has 0 spiro atoms. The third-order valence-electron chi connectivity index (χ3n) is 4.65. The van der Waals surface area contributed by atoms with E-state index < -0.39 is 23.0 Å². The number of aromatic nitrogens is 3. The average molecular weight is 400 g/mol. The summed E-state index contributed by atoms with van der Waals surface area (Å²) < 4.78 is 39.3. The van der Waals surface area contributed by atoms with E-state index in [-0.39, 0.29) is 16.8 Å². The van der Waals surface area contributed by atoms with Gasteiger partial charge in [0, 0.05) is 0 Å². The number of H-pyrrole nitrogens is 2. The Kier molecular flexibility index (Phi) is 5.64. The van der Waals surface area contributed by atoms with Crippen molar-refractivity contribution in [2.75, 3.05) is 5.75 Å². The summed E-state index contributed by atoms with van der Waals surface area (Å²) in [5.74, 6) is -0.315. The van der Waals surface area contributed by atoms with Gasteiger partial charge in [-0.05, 0) is 30.5 Å². The molecule has 1 aliphatic rings. The molecule has 1 aromatic carbocycles. The van der Waals surface area contributed by atoms with Gasteiger partial charge in [0.05, 0.1) is 16.9 Å². The molecule has 1 amide bonds. The number of carbonyl (C=O) groups excluding carboxylic acids is 1. The minimum Gasteiger partial charge on any atom is -0.346 e. The van der Waals surface area contributed by atoms with Crippen LogP contribution in [0.3, 0.4) is 0 Å². The van der Waals surface area contributed by atoms with Gasteiger partial charge in [0.2, 0.25) is 5.91 Å². The van der Waals surface area contributed by atoms with Crippen LogP contribution in [0.4, 0.5) is 13.2 Å². The Morgan fingerprint density at radius 2 is 2.00 bits per heavy atom. The lowest BCUT2D eigenvalue weighted by atomic mass is 9.76. The molecule has 1 aliphatic carbocycles. The highest BCUT2D eigenvalue weighted by molar-refractivity contribution is 7.99. The zero-order valence-electron chi connectivity index (χ0n) is 14.4. The van der Waals surface area contributed by atoms with Crippen LogP contribution in [0.2, 0.25) is 0 Å². The lowest BCUT2D eigenvalue weighted by Crippen LogP contribution is -2.48. The molecule has 0 bridgehead atoms. The Balaban J connectivity index is 1.78. The van der Waals surface area contributed by atoms with E-state index in [1.54, 1.807) is 6.07 Å². The first-order chi connectivity index (χ1) is 12.8. The highest BCUT2D eigenvalue weighted by Gasteiger charge is 2.38. The SMILES string of the molecule is O=C(CSc1n[nH]c(=O)[nH]1)NC1(c2cccc(C(F)(F)F)c2)CCCCC1. The van der Waals surface area contributed by atoms with E-state index in [9.17, 15) is 22.8 Å². The maximum atomic E-state index is 13.1. The maximum absolute atomic E-state index is 13.1. The molecule has 1 aromatic heterocycles. The van der Waals surface area contributed by atoms with Crippen molar-refractivity contribution in [2.45, 2.75) is 49.0 Å². The van der Waals surface area contributed by atoms with Gasteiger partial charge in [-0.25, -0.2) is 9.89 Å². The van der Waals surface area contributed by atoms with Crippen LogP contribution >= 0.6 is 11.8 Å². The van der Waals surface area contributed by atoms with Crippen LogP contribution in [0.5, 0.6) is 0 Å². The molecular weight excluding hydrogens is 381 g/mol. The molecule has 1 heterocycles. The number of amides is 1. The second-order valence-corrected chi connectivity index (χ2v) is 7.51. The highest BCUT2D eigenvalue weighted by atomic mass is 32.2. The molecule has 6 nitrogen and oxygen atoms in total. The molecule has 27 heavy (non-hydrogen) atoms. The fourth-order valence-electron chi connectivity index (χ4n) is 3.39. The molecule has 1 saturated carbocycles. The van der Waals surface area contributed by atoms with Crippen molar-refractivity contribution >= 4 is 17.7 Å². The predicted octanol–water partition coefficient (Wildman–Crippen LogP) is 3.18. The number of hydrogen-bond donors (Lipinski definition) is 3. The summed E-state index contributed by atoms with van der Waals surface area (Å²) in [6, 6.07) is 5.18. The first-order valence-electron chi connectivity index (χ1n) is 8.55. The number of aromatic amines is 2. The molecule has 146 valence electrons. The number of benzene rings is 1. The fraction of sp³-hybridized carbons (Fsp3) is 0.471. The number of halogens is 3. The third kappa shape index (κ3) is 4.74. The molecule has 0 aliphatic heterocycles. The van der Waals surface area contributed by atoms with Crippen molar-refractivity contribution in [1.82, 2.24) is 20.5 Å². The number of thioether (sulfide) groups is 1. The van der Waals surface area contributed by atoms with E-state index >= 15 is 0 Å². The third-order valence-corrected chi connectivity index (χ3v) is 5.52. The largest absolute Gasteiger partial charge is 0.416 e. The number of hydrogen-bond acceptors (Lipinski definition) is 4. The zero-order chi connectivity index (χ0) is 19.5. The molecular formula is C17H19F3N4O2S. The van der Waals surface area contributed by atoms with Gasteiger partial charge in [-0.1, -0.05) is 43.2 Å². The predicted molar refractivity (Wildman–Crippen MR) is 94.3 cm³/mol. The first kappa shape index (κ1) is 19.5. The van der Waals surface area contributed by atoms with E-state index in [1.165, 1.54) is 6.07 Å². The number of rotatable bonds is 5. The van der Waals surface area contributed by atoms with Gasteiger partial charge in [0.15, 0.2) is 5.16 Å². The Hall–Kier alpha value is -2.23. The van der Waals surface area contributed by atoms with Crippen LogP contribution in [0.25, 0.3) is 0 Å². The van der Waals surface area contributed by atoms with Crippen LogP contribution in [0.15, 0.2) is 34.2 Å². The summed E-state index contributed by atoms with van der Waals surface area (Å²) in [6.07, 6.45) is -0.613. The topological polar surface area (TPSA) is 90.6 Å².